The minimum atomic E-state index is -5.63. The van der Waals surface area contributed by atoms with Crippen molar-refractivity contribution in [2.24, 2.45) is 0 Å². The van der Waals surface area contributed by atoms with E-state index in [1.165, 1.54) is 0 Å². The van der Waals surface area contributed by atoms with Crippen LogP contribution in [0.15, 0.2) is 30.3 Å². The van der Waals surface area contributed by atoms with Crippen LogP contribution in [0, 0.1) is 0 Å². The van der Waals surface area contributed by atoms with E-state index in [9.17, 15) is 13.3 Å². The Kier molecular flexibility index (Phi) is 5.26. The van der Waals surface area contributed by atoms with Crippen LogP contribution in [-0.2, 0) is 30.1 Å². The summed E-state index contributed by atoms with van der Waals surface area (Å²) in [6, 6.07) is 9.07. The van der Waals surface area contributed by atoms with Crippen molar-refractivity contribution >= 4 is 7.60 Å². The Morgan fingerprint density at radius 2 is 1.88 bits per heavy atom. The molecule has 1 aromatic rings. The molecule has 0 bridgehead atoms. The van der Waals surface area contributed by atoms with Gasteiger partial charge in [-0.2, -0.15) is 8.78 Å². The monoisotopic (exact) mass is 394 g/mol. The Hall–Kier alpha value is -0.930. The van der Waals surface area contributed by atoms with E-state index in [1.807, 2.05) is 30.3 Å². The van der Waals surface area contributed by atoms with E-state index in [-0.39, 0.29) is 6.61 Å². The number of hydrogen-bond acceptors (Lipinski definition) is 5. The summed E-state index contributed by atoms with van der Waals surface area (Å²) in [4.78, 5) is 17.8. The van der Waals surface area contributed by atoms with Gasteiger partial charge in [-0.1, -0.05) is 30.3 Å². The Morgan fingerprint density at radius 1 is 1.23 bits per heavy atom. The topological polar surface area (TPSA) is 94.5 Å². The van der Waals surface area contributed by atoms with E-state index >= 15 is 0 Å². The lowest BCUT2D eigenvalue weighted by molar-refractivity contribution is -0.223. The van der Waals surface area contributed by atoms with Gasteiger partial charge in [-0.25, -0.2) is 0 Å². The van der Waals surface area contributed by atoms with E-state index in [4.69, 9.17) is 28.7 Å². The fourth-order valence-electron chi connectivity index (χ4n) is 3.04. The Balaban J connectivity index is 1.76. The lowest BCUT2D eigenvalue weighted by Gasteiger charge is -2.28. The van der Waals surface area contributed by atoms with Crippen molar-refractivity contribution in [1.82, 2.24) is 0 Å². The molecule has 4 atom stereocenters. The third kappa shape index (κ3) is 4.14. The zero-order chi connectivity index (χ0) is 19.2. The molecule has 0 unspecified atom stereocenters. The van der Waals surface area contributed by atoms with Gasteiger partial charge in [-0.3, -0.25) is 4.57 Å². The molecule has 2 saturated heterocycles. The van der Waals surface area contributed by atoms with Crippen LogP contribution in [-0.4, -0.2) is 45.8 Å². The van der Waals surface area contributed by atoms with Gasteiger partial charge in [0.05, 0.1) is 19.1 Å². The molecule has 10 heteroatoms. The summed E-state index contributed by atoms with van der Waals surface area (Å²) in [5, 5.41) is 0. The first-order valence-electron chi connectivity index (χ1n) is 8.09. The highest BCUT2D eigenvalue weighted by Crippen LogP contribution is 2.56. The Bertz CT molecular complexity index is 678. The molecule has 7 nitrogen and oxygen atoms in total. The summed E-state index contributed by atoms with van der Waals surface area (Å²) >= 11 is 0. The van der Waals surface area contributed by atoms with Crippen molar-refractivity contribution < 1.29 is 42.1 Å². The van der Waals surface area contributed by atoms with Crippen LogP contribution < -0.4 is 0 Å². The minimum absolute atomic E-state index is 0.111. The zero-order valence-electron chi connectivity index (χ0n) is 14.2. The maximum atomic E-state index is 13.9. The van der Waals surface area contributed by atoms with E-state index in [0.29, 0.717) is 0 Å². The van der Waals surface area contributed by atoms with Gasteiger partial charge in [0.2, 0.25) is 0 Å². The van der Waals surface area contributed by atoms with Crippen molar-refractivity contribution in [1.29, 1.82) is 0 Å². The van der Waals surface area contributed by atoms with Crippen LogP contribution in [0.5, 0.6) is 0 Å². The minimum Gasteiger partial charge on any atom is -0.368 e. The summed E-state index contributed by atoms with van der Waals surface area (Å²) in [7, 11) is -5.63. The zero-order valence-corrected chi connectivity index (χ0v) is 15.1. The van der Waals surface area contributed by atoms with Crippen LogP contribution in [0.25, 0.3) is 0 Å². The molecule has 1 aromatic carbocycles. The van der Waals surface area contributed by atoms with Gasteiger partial charge >= 0.3 is 13.3 Å². The van der Waals surface area contributed by atoms with E-state index in [1.54, 1.807) is 13.8 Å². The molecule has 0 saturated carbocycles. The largest absolute Gasteiger partial charge is 0.394 e. The fourth-order valence-corrected chi connectivity index (χ4v) is 3.46. The molecule has 2 aliphatic rings. The van der Waals surface area contributed by atoms with Crippen molar-refractivity contribution in [3.8, 4) is 0 Å². The second kappa shape index (κ2) is 6.91. The normalized spacial score (nSPS) is 31.2. The Labute approximate surface area is 149 Å². The first-order chi connectivity index (χ1) is 12.0. The summed E-state index contributed by atoms with van der Waals surface area (Å²) in [6.07, 6.45) is -5.15. The molecule has 2 aliphatic heterocycles. The van der Waals surface area contributed by atoms with Crippen molar-refractivity contribution in [2.45, 2.75) is 62.9 Å². The summed E-state index contributed by atoms with van der Waals surface area (Å²) in [5.41, 5.74) is -3.42. The average Bonchev–Trinajstić information content (AvgIpc) is 2.96. The van der Waals surface area contributed by atoms with Crippen molar-refractivity contribution in [3.05, 3.63) is 35.9 Å². The van der Waals surface area contributed by atoms with E-state index < -0.39 is 50.1 Å². The van der Waals surface area contributed by atoms with Gasteiger partial charge in [0.25, 0.3) is 0 Å². The molecule has 0 radical (unpaired) electrons. The molecule has 3 rings (SSSR count). The fraction of sp³-hybridized carbons (Fsp3) is 0.625. The first kappa shape index (κ1) is 19.8. The molecule has 2 fully saturated rings. The first-order valence-corrected chi connectivity index (χ1v) is 9.70. The predicted octanol–water partition coefficient (Wildman–Crippen LogP) is 2.61. The number of benzene rings is 1. The molecule has 0 spiro atoms. The average molecular weight is 394 g/mol. The quantitative estimate of drug-likeness (QED) is 0.717. The molecule has 0 amide bonds. The van der Waals surface area contributed by atoms with Gasteiger partial charge in [0.15, 0.2) is 12.1 Å². The summed E-state index contributed by atoms with van der Waals surface area (Å²) in [6.45, 7) is 3.42. The van der Waals surface area contributed by atoms with Crippen molar-refractivity contribution in [2.75, 3.05) is 0 Å². The highest BCUT2D eigenvalue weighted by Gasteiger charge is 2.60. The van der Waals surface area contributed by atoms with Gasteiger partial charge in [0, 0.05) is 0 Å². The molecule has 0 aliphatic carbocycles. The lowest BCUT2D eigenvalue weighted by atomic mass is 10.1. The molecule has 2 heterocycles. The third-order valence-electron chi connectivity index (χ3n) is 4.25. The highest BCUT2D eigenvalue weighted by molar-refractivity contribution is 7.53. The van der Waals surface area contributed by atoms with Crippen LogP contribution >= 0.6 is 7.60 Å². The van der Waals surface area contributed by atoms with Gasteiger partial charge in [-0.15, -0.1) is 0 Å². The molecule has 146 valence electrons. The van der Waals surface area contributed by atoms with Crippen LogP contribution in [0.2, 0.25) is 0 Å². The van der Waals surface area contributed by atoms with E-state index in [0.717, 1.165) is 5.56 Å². The number of ether oxygens (including phenoxy) is 4. The van der Waals surface area contributed by atoms with Crippen LogP contribution in [0.1, 0.15) is 25.8 Å². The smallest absolute Gasteiger partial charge is 0.368 e. The van der Waals surface area contributed by atoms with Gasteiger partial charge < -0.3 is 28.7 Å². The highest BCUT2D eigenvalue weighted by atomic mass is 31.2. The SMILES string of the molecule is CC1(C)O[C@H]2O[C@H](CC(F)(F)P(=O)(O)O)[C@@H](OCc3ccccc3)[C@H]2O1. The lowest BCUT2D eigenvalue weighted by Crippen LogP contribution is -2.39. The summed E-state index contributed by atoms with van der Waals surface area (Å²) in [5.74, 6) is -0.972. The second-order valence-corrected chi connectivity index (χ2v) is 8.56. The number of fused-ring (bicyclic) bond motifs is 1. The number of halogens is 2. The second-order valence-electron chi connectivity index (χ2n) is 6.82. The third-order valence-corrected chi connectivity index (χ3v) is 5.28. The maximum Gasteiger partial charge on any atom is 0.394 e. The molecule has 2 N–H and O–H groups in total. The molecule has 26 heavy (non-hydrogen) atoms. The molecular weight excluding hydrogens is 373 g/mol. The predicted molar refractivity (Wildman–Crippen MR) is 85.3 cm³/mol. The van der Waals surface area contributed by atoms with Crippen LogP contribution in [0.4, 0.5) is 8.78 Å². The number of hydrogen-bond donors (Lipinski definition) is 2. The number of rotatable bonds is 6. The van der Waals surface area contributed by atoms with Gasteiger partial charge in [-0.05, 0) is 19.4 Å². The number of alkyl halides is 2. The van der Waals surface area contributed by atoms with E-state index in [2.05, 4.69) is 0 Å². The Morgan fingerprint density at radius 3 is 2.50 bits per heavy atom. The molecular formula is C16H21F2O7P. The molecule has 0 aromatic heterocycles. The maximum absolute atomic E-state index is 13.9. The van der Waals surface area contributed by atoms with Crippen LogP contribution in [0.3, 0.4) is 0 Å². The standard InChI is InChI=1S/C16H21F2O7P/c1-15(2)24-13-12(22-9-10-6-4-3-5-7-10)11(23-14(13)25-15)8-16(17,18)26(19,20)21/h3-7,11-14H,8-9H2,1-2H3,(H2,19,20,21)/t11-,12-,13-,14-/m1/s1. The van der Waals surface area contributed by atoms with Crippen molar-refractivity contribution in [3.63, 3.8) is 0 Å². The van der Waals surface area contributed by atoms with Gasteiger partial charge in [0.1, 0.15) is 12.2 Å². The summed E-state index contributed by atoms with van der Waals surface area (Å²) < 4.78 is 61.2.